The van der Waals surface area contributed by atoms with Crippen LogP contribution in [0, 0.1) is 20.8 Å². The SMILES string of the molecule is COc1ccc(CNC(=O)Cc2c(C)c3cc4c(C)coc4c(C)c3oc2=O)cc1. The molecule has 0 bridgehead atoms. The second kappa shape index (κ2) is 7.71. The molecule has 2 aromatic heterocycles. The number of rotatable bonds is 5. The lowest BCUT2D eigenvalue weighted by atomic mass is 9.99. The van der Waals surface area contributed by atoms with Crippen molar-refractivity contribution in [2.24, 2.45) is 0 Å². The molecule has 4 aromatic rings. The maximum Gasteiger partial charge on any atom is 0.340 e. The lowest BCUT2D eigenvalue weighted by Crippen LogP contribution is -2.27. The number of hydrogen-bond acceptors (Lipinski definition) is 5. The Morgan fingerprint density at radius 1 is 1.03 bits per heavy atom. The molecular formula is C24H23NO5. The van der Waals surface area contributed by atoms with Gasteiger partial charge in [-0.15, -0.1) is 0 Å². The van der Waals surface area contributed by atoms with E-state index in [0.29, 0.717) is 23.3 Å². The Balaban J connectivity index is 1.61. The van der Waals surface area contributed by atoms with Crippen molar-refractivity contribution in [2.75, 3.05) is 7.11 Å². The average Bonchev–Trinajstić information content (AvgIpc) is 3.12. The van der Waals surface area contributed by atoms with Crippen molar-refractivity contribution in [1.29, 1.82) is 0 Å². The van der Waals surface area contributed by atoms with Gasteiger partial charge in [-0.2, -0.15) is 0 Å². The molecule has 0 saturated carbocycles. The summed E-state index contributed by atoms with van der Waals surface area (Å²) in [5.74, 6) is 0.518. The Kier molecular flexibility index (Phi) is 5.08. The number of aryl methyl sites for hydroxylation is 3. The van der Waals surface area contributed by atoms with E-state index in [0.717, 1.165) is 38.8 Å². The Labute approximate surface area is 173 Å². The fourth-order valence-electron chi connectivity index (χ4n) is 3.69. The van der Waals surface area contributed by atoms with E-state index in [4.69, 9.17) is 13.6 Å². The summed E-state index contributed by atoms with van der Waals surface area (Å²) in [6.45, 7) is 6.07. The zero-order chi connectivity index (χ0) is 21.4. The molecule has 4 rings (SSSR count). The van der Waals surface area contributed by atoms with E-state index in [2.05, 4.69) is 5.32 Å². The maximum atomic E-state index is 12.6. The molecule has 0 radical (unpaired) electrons. The van der Waals surface area contributed by atoms with Crippen molar-refractivity contribution in [3.8, 4) is 5.75 Å². The molecule has 6 heteroatoms. The Bertz CT molecular complexity index is 1310. The van der Waals surface area contributed by atoms with Crippen LogP contribution in [0.15, 0.2) is 50.2 Å². The number of amides is 1. The van der Waals surface area contributed by atoms with Gasteiger partial charge >= 0.3 is 5.63 Å². The van der Waals surface area contributed by atoms with Gasteiger partial charge in [0.1, 0.15) is 16.9 Å². The van der Waals surface area contributed by atoms with Crippen molar-refractivity contribution in [1.82, 2.24) is 5.32 Å². The van der Waals surface area contributed by atoms with Gasteiger partial charge in [0.15, 0.2) is 0 Å². The molecule has 2 heterocycles. The molecule has 0 unspecified atom stereocenters. The Morgan fingerprint density at radius 2 is 1.77 bits per heavy atom. The smallest absolute Gasteiger partial charge is 0.340 e. The minimum Gasteiger partial charge on any atom is -0.497 e. The summed E-state index contributed by atoms with van der Waals surface area (Å²) in [6.07, 6.45) is 1.65. The van der Waals surface area contributed by atoms with Crippen LogP contribution < -0.4 is 15.7 Å². The highest BCUT2D eigenvalue weighted by Gasteiger charge is 2.19. The van der Waals surface area contributed by atoms with Crippen LogP contribution >= 0.6 is 0 Å². The minimum absolute atomic E-state index is 0.0400. The molecule has 0 atom stereocenters. The molecule has 1 amide bonds. The molecule has 0 spiro atoms. The fraction of sp³-hybridized carbons (Fsp3) is 0.250. The van der Waals surface area contributed by atoms with Crippen LogP contribution in [-0.2, 0) is 17.8 Å². The van der Waals surface area contributed by atoms with Crippen LogP contribution in [0.25, 0.3) is 21.9 Å². The van der Waals surface area contributed by atoms with E-state index in [9.17, 15) is 9.59 Å². The lowest BCUT2D eigenvalue weighted by Gasteiger charge is -2.11. The summed E-state index contributed by atoms with van der Waals surface area (Å²) in [4.78, 5) is 25.1. The van der Waals surface area contributed by atoms with Crippen LogP contribution in [-0.4, -0.2) is 13.0 Å². The van der Waals surface area contributed by atoms with E-state index < -0.39 is 5.63 Å². The second-order valence-electron chi connectivity index (χ2n) is 7.47. The van der Waals surface area contributed by atoms with Gasteiger partial charge in [0.05, 0.1) is 25.4 Å². The van der Waals surface area contributed by atoms with Crippen molar-refractivity contribution in [3.05, 3.63) is 74.8 Å². The molecule has 1 N–H and O–H groups in total. The zero-order valence-corrected chi connectivity index (χ0v) is 17.4. The second-order valence-corrected chi connectivity index (χ2v) is 7.47. The van der Waals surface area contributed by atoms with Gasteiger partial charge in [-0.3, -0.25) is 4.79 Å². The van der Waals surface area contributed by atoms with E-state index in [1.165, 1.54) is 0 Å². The molecule has 6 nitrogen and oxygen atoms in total. The largest absolute Gasteiger partial charge is 0.497 e. The highest BCUT2D eigenvalue weighted by atomic mass is 16.5. The number of nitrogens with one attached hydrogen (secondary N) is 1. The molecule has 0 aliphatic carbocycles. The summed E-state index contributed by atoms with van der Waals surface area (Å²) in [5, 5.41) is 4.66. The van der Waals surface area contributed by atoms with Gasteiger partial charge in [-0.1, -0.05) is 12.1 Å². The quantitative estimate of drug-likeness (QED) is 0.500. The maximum absolute atomic E-state index is 12.6. The van der Waals surface area contributed by atoms with Crippen molar-refractivity contribution in [2.45, 2.75) is 33.7 Å². The fourth-order valence-corrected chi connectivity index (χ4v) is 3.69. The van der Waals surface area contributed by atoms with Crippen molar-refractivity contribution >= 4 is 27.8 Å². The number of hydrogen-bond donors (Lipinski definition) is 1. The number of carbonyl (C=O) groups excluding carboxylic acids is 1. The van der Waals surface area contributed by atoms with Gasteiger partial charge in [-0.25, -0.2) is 4.79 Å². The van der Waals surface area contributed by atoms with Gasteiger partial charge in [0.2, 0.25) is 5.91 Å². The van der Waals surface area contributed by atoms with Gasteiger partial charge < -0.3 is 18.9 Å². The van der Waals surface area contributed by atoms with E-state index in [1.54, 1.807) is 13.4 Å². The Hall–Kier alpha value is -3.54. The summed E-state index contributed by atoms with van der Waals surface area (Å²) in [5.41, 5.74) is 4.59. The molecule has 2 aromatic carbocycles. The average molecular weight is 405 g/mol. The lowest BCUT2D eigenvalue weighted by molar-refractivity contribution is -0.120. The number of ether oxygens (including phenoxy) is 1. The van der Waals surface area contributed by atoms with E-state index >= 15 is 0 Å². The number of fused-ring (bicyclic) bond motifs is 2. The summed E-state index contributed by atoms with van der Waals surface area (Å²) >= 11 is 0. The Morgan fingerprint density at radius 3 is 2.47 bits per heavy atom. The highest BCUT2D eigenvalue weighted by Crippen LogP contribution is 2.32. The van der Waals surface area contributed by atoms with Crippen LogP contribution in [0.1, 0.15) is 27.8 Å². The third-order valence-corrected chi connectivity index (χ3v) is 5.52. The molecule has 0 fully saturated rings. The first-order valence-electron chi connectivity index (χ1n) is 9.72. The number of furan rings is 1. The number of benzene rings is 2. The first-order valence-corrected chi connectivity index (χ1v) is 9.72. The summed E-state index contributed by atoms with van der Waals surface area (Å²) in [7, 11) is 1.61. The van der Waals surface area contributed by atoms with Crippen LogP contribution in [0.4, 0.5) is 0 Å². The standard InChI is InChI=1S/C24H23NO5/c1-13-12-29-22-15(3)23-19(9-18(13)22)14(2)20(24(27)30-23)10-21(26)25-11-16-5-7-17(28-4)8-6-16/h5-9,12H,10-11H2,1-4H3,(H,25,26). The first kappa shape index (κ1) is 19.8. The third kappa shape index (κ3) is 3.45. The molecule has 0 aliphatic heterocycles. The predicted molar refractivity (Wildman–Crippen MR) is 115 cm³/mol. The van der Waals surface area contributed by atoms with Gasteiger partial charge in [0.25, 0.3) is 0 Å². The minimum atomic E-state index is -0.495. The number of methoxy groups -OCH3 is 1. The molecule has 0 aliphatic rings. The first-order chi connectivity index (χ1) is 14.4. The van der Waals surface area contributed by atoms with Crippen molar-refractivity contribution < 1.29 is 18.4 Å². The van der Waals surface area contributed by atoms with Crippen LogP contribution in [0.3, 0.4) is 0 Å². The normalized spacial score (nSPS) is 11.2. The van der Waals surface area contributed by atoms with Crippen LogP contribution in [0.2, 0.25) is 0 Å². The molecule has 0 saturated heterocycles. The molecule has 30 heavy (non-hydrogen) atoms. The van der Waals surface area contributed by atoms with Gasteiger partial charge in [-0.05, 0) is 55.7 Å². The predicted octanol–water partition coefficient (Wildman–Crippen LogP) is 4.33. The number of carbonyl (C=O) groups is 1. The van der Waals surface area contributed by atoms with Crippen molar-refractivity contribution in [3.63, 3.8) is 0 Å². The highest BCUT2D eigenvalue weighted by molar-refractivity contribution is 6.00. The molecule has 154 valence electrons. The van der Waals surface area contributed by atoms with E-state index in [-0.39, 0.29) is 12.3 Å². The summed E-state index contributed by atoms with van der Waals surface area (Å²) < 4.78 is 16.4. The zero-order valence-electron chi connectivity index (χ0n) is 17.4. The van der Waals surface area contributed by atoms with Crippen LogP contribution in [0.5, 0.6) is 5.75 Å². The summed E-state index contributed by atoms with van der Waals surface area (Å²) in [6, 6.07) is 9.41. The molecular weight excluding hydrogens is 382 g/mol. The van der Waals surface area contributed by atoms with E-state index in [1.807, 2.05) is 51.1 Å². The topological polar surface area (TPSA) is 81.7 Å². The third-order valence-electron chi connectivity index (χ3n) is 5.52. The monoisotopic (exact) mass is 405 g/mol. The van der Waals surface area contributed by atoms with Gasteiger partial charge in [0, 0.05) is 22.9 Å².